The number of hydrogen-bond acceptors (Lipinski definition) is 2. The smallest absolute Gasteiger partial charge is 0.158 e. The molecular weight excluding hydrogens is 198 g/mol. The second-order valence-electron chi connectivity index (χ2n) is 3.84. The number of aryl methyl sites for hydroxylation is 2. The molecule has 1 aliphatic rings. The number of allylic oxidation sites excluding steroid dienone is 4. The maximum atomic E-state index is 4.58. The molecule has 0 spiro atoms. The van der Waals surface area contributed by atoms with Crippen molar-refractivity contribution in [2.45, 2.75) is 26.8 Å². The van der Waals surface area contributed by atoms with Gasteiger partial charge in [-0.1, -0.05) is 19.1 Å². The van der Waals surface area contributed by atoms with Crippen molar-refractivity contribution >= 4 is 5.82 Å². The van der Waals surface area contributed by atoms with Crippen molar-refractivity contribution in [1.29, 1.82) is 0 Å². The molecule has 0 unspecified atom stereocenters. The van der Waals surface area contributed by atoms with Crippen LogP contribution in [0.5, 0.6) is 0 Å². The van der Waals surface area contributed by atoms with Gasteiger partial charge in [0.1, 0.15) is 0 Å². The highest BCUT2D eigenvalue weighted by atomic mass is 15.3. The standard InChI is InChI=1S/C13H17N3/c1-3-8-16-12(2)11-13(14-16)15-9-6-4-5-7-10-15/h4-7,9-11H,3,8H2,1-2H3. The Morgan fingerprint density at radius 1 is 1.12 bits per heavy atom. The lowest BCUT2D eigenvalue weighted by molar-refractivity contribution is 0.587. The normalized spacial score (nSPS) is 14.5. The largest absolute Gasteiger partial charge is 0.307 e. The minimum atomic E-state index is 0.974. The molecule has 84 valence electrons. The van der Waals surface area contributed by atoms with Gasteiger partial charge in [-0.15, -0.1) is 0 Å². The van der Waals surface area contributed by atoms with Crippen molar-refractivity contribution in [3.63, 3.8) is 0 Å². The zero-order valence-corrected chi connectivity index (χ0v) is 9.80. The van der Waals surface area contributed by atoms with Gasteiger partial charge in [0.2, 0.25) is 0 Å². The summed E-state index contributed by atoms with van der Waals surface area (Å²) in [5.41, 5.74) is 1.20. The second-order valence-corrected chi connectivity index (χ2v) is 3.84. The van der Waals surface area contributed by atoms with Crippen molar-refractivity contribution < 1.29 is 0 Å². The summed E-state index contributed by atoms with van der Waals surface area (Å²) in [6, 6.07) is 2.11. The molecule has 0 saturated heterocycles. The highest BCUT2D eigenvalue weighted by Gasteiger charge is 2.07. The van der Waals surface area contributed by atoms with Gasteiger partial charge in [-0.2, -0.15) is 5.10 Å². The quantitative estimate of drug-likeness (QED) is 0.772. The summed E-state index contributed by atoms with van der Waals surface area (Å²) in [6.45, 7) is 5.23. The van der Waals surface area contributed by atoms with Gasteiger partial charge in [0.05, 0.1) is 0 Å². The molecule has 0 saturated carbocycles. The lowest BCUT2D eigenvalue weighted by Gasteiger charge is -2.10. The van der Waals surface area contributed by atoms with Crippen LogP contribution in [0.15, 0.2) is 42.8 Å². The molecule has 2 rings (SSSR count). The zero-order chi connectivity index (χ0) is 11.4. The van der Waals surface area contributed by atoms with E-state index in [1.54, 1.807) is 0 Å². The predicted molar refractivity (Wildman–Crippen MR) is 67.2 cm³/mol. The zero-order valence-electron chi connectivity index (χ0n) is 9.80. The molecule has 0 atom stereocenters. The summed E-state index contributed by atoms with van der Waals surface area (Å²) in [5.74, 6) is 0.974. The molecular formula is C13H17N3. The van der Waals surface area contributed by atoms with E-state index in [0.29, 0.717) is 0 Å². The van der Waals surface area contributed by atoms with Crippen LogP contribution in [0, 0.1) is 6.92 Å². The van der Waals surface area contributed by atoms with E-state index >= 15 is 0 Å². The summed E-state index contributed by atoms with van der Waals surface area (Å²) in [7, 11) is 0. The van der Waals surface area contributed by atoms with E-state index in [1.165, 1.54) is 5.69 Å². The summed E-state index contributed by atoms with van der Waals surface area (Å²) in [6.07, 6.45) is 13.2. The summed E-state index contributed by atoms with van der Waals surface area (Å²) in [5, 5.41) is 4.58. The van der Waals surface area contributed by atoms with Gasteiger partial charge in [-0.3, -0.25) is 4.68 Å². The number of rotatable bonds is 3. The molecule has 16 heavy (non-hydrogen) atoms. The third-order valence-electron chi connectivity index (χ3n) is 2.49. The van der Waals surface area contributed by atoms with Gasteiger partial charge in [-0.05, 0) is 25.5 Å². The third kappa shape index (κ3) is 2.24. The van der Waals surface area contributed by atoms with Crippen LogP contribution in [0.3, 0.4) is 0 Å². The van der Waals surface area contributed by atoms with Crippen LogP contribution in [-0.4, -0.2) is 9.78 Å². The van der Waals surface area contributed by atoms with Crippen molar-refractivity contribution in [3.8, 4) is 0 Å². The fourth-order valence-corrected chi connectivity index (χ4v) is 1.67. The van der Waals surface area contributed by atoms with Crippen LogP contribution in [0.4, 0.5) is 5.82 Å². The molecule has 0 amide bonds. The Morgan fingerprint density at radius 2 is 1.81 bits per heavy atom. The number of hydrogen-bond donors (Lipinski definition) is 0. The molecule has 0 aliphatic carbocycles. The monoisotopic (exact) mass is 215 g/mol. The Hall–Kier alpha value is -1.77. The molecule has 0 N–H and O–H groups in total. The van der Waals surface area contributed by atoms with Gasteiger partial charge in [0, 0.05) is 30.7 Å². The predicted octanol–water partition coefficient (Wildman–Crippen LogP) is 3.01. The minimum absolute atomic E-state index is 0.974. The van der Waals surface area contributed by atoms with E-state index in [4.69, 9.17) is 0 Å². The van der Waals surface area contributed by atoms with Crippen LogP contribution in [0.1, 0.15) is 19.0 Å². The Bertz CT molecular complexity index is 422. The van der Waals surface area contributed by atoms with Crippen LogP contribution in [0.25, 0.3) is 0 Å². The van der Waals surface area contributed by atoms with Crippen molar-refractivity contribution in [3.05, 3.63) is 48.5 Å². The topological polar surface area (TPSA) is 21.1 Å². The van der Waals surface area contributed by atoms with E-state index in [0.717, 1.165) is 18.8 Å². The van der Waals surface area contributed by atoms with Gasteiger partial charge in [0.15, 0.2) is 5.82 Å². The lowest BCUT2D eigenvalue weighted by atomic mass is 10.4. The SMILES string of the molecule is CCCn1nc(N2C=CC=CC=C2)cc1C. The molecule has 1 aromatic rings. The lowest BCUT2D eigenvalue weighted by Crippen LogP contribution is -2.08. The van der Waals surface area contributed by atoms with Crippen molar-refractivity contribution in [1.82, 2.24) is 9.78 Å². The van der Waals surface area contributed by atoms with Gasteiger partial charge in [-0.25, -0.2) is 0 Å². The average Bonchev–Trinajstić information content (AvgIpc) is 2.54. The maximum Gasteiger partial charge on any atom is 0.158 e. The number of nitrogens with zero attached hydrogens (tertiary/aromatic N) is 3. The fourth-order valence-electron chi connectivity index (χ4n) is 1.67. The second kappa shape index (κ2) is 4.84. The Morgan fingerprint density at radius 3 is 2.44 bits per heavy atom. The molecule has 1 aliphatic heterocycles. The molecule has 3 heteroatoms. The highest BCUT2D eigenvalue weighted by molar-refractivity contribution is 5.48. The van der Waals surface area contributed by atoms with E-state index in [2.05, 4.69) is 29.7 Å². The first kappa shape index (κ1) is 10.7. The molecule has 0 bridgehead atoms. The Kier molecular flexibility index (Phi) is 3.25. The third-order valence-corrected chi connectivity index (χ3v) is 2.49. The first-order valence-electron chi connectivity index (χ1n) is 5.65. The molecule has 0 fully saturated rings. The first-order chi connectivity index (χ1) is 7.81. The van der Waals surface area contributed by atoms with Crippen LogP contribution < -0.4 is 4.90 Å². The Labute approximate surface area is 96.4 Å². The molecule has 0 radical (unpaired) electrons. The van der Waals surface area contributed by atoms with Gasteiger partial charge < -0.3 is 4.90 Å². The minimum Gasteiger partial charge on any atom is -0.307 e. The van der Waals surface area contributed by atoms with E-state index in [9.17, 15) is 0 Å². The van der Waals surface area contributed by atoms with Gasteiger partial charge in [0.25, 0.3) is 0 Å². The maximum absolute atomic E-state index is 4.58. The van der Waals surface area contributed by atoms with E-state index in [1.807, 2.05) is 41.6 Å². The average molecular weight is 215 g/mol. The van der Waals surface area contributed by atoms with Crippen LogP contribution in [-0.2, 0) is 6.54 Å². The van der Waals surface area contributed by atoms with E-state index in [-0.39, 0.29) is 0 Å². The summed E-state index contributed by atoms with van der Waals surface area (Å²) in [4.78, 5) is 2.03. The number of anilines is 1. The number of aromatic nitrogens is 2. The summed E-state index contributed by atoms with van der Waals surface area (Å²) < 4.78 is 2.05. The molecule has 2 heterocycles. The highest BCUT2D eigenvalue weighted by Crippen LogP contribution is 2.16. The van der Waals surface area contributed by atoms with Crippen LogP contribution >= 0.6 is 0 Å². The Balaban J connectivity index is 2.23. The molecule has 3 nitrogen and oxygen atoms in total. The van der Waals surface area contributed by atoms with Crippen LogP contribution in [0.2, 0.25) is 0 Å². The molecule has 1 aromatic heterocycles. The first-order valence-corrected chi connectivity index (χ1v) is 5.65. The molecule has 0 aromatic carbocycles. The summed E-state index contributed by atoms with van der Waals surface area (Å²) >= 11 is 0. The van der Waals surface area contributed by atoms with Gasteiger partial charge >= 0.3 is 0 Å². The fraction of sp³-hybridized carbons (Fsp3) is 0.308. The van der Waals surface area contributed by atoms with Crippen molar-refractivity contribution in [2.75, 3.05) is 4.90 Å². The van der Waals surface area contributed by atoms with Crippen molar-refractivity contribution in [2.24, 2.45) is 0 Å². The van der Waals surface area contributed by atoms with E-state index < -0.39 is 0 Å².